The second-order valence-corrected chi connectivity index (χ2v) is 4.29. The molecule has 0 saturated heterocycles. The van der Waals surface area contributed by atoms with E-state index >= 15 is 0 Å². The maximum absolute atomic E-state index is 5.38. The quantitative estimate of drug-likeness (QED) is 0.374. The van der Waals surface area contributed by atoms with Crippen molar-refractivity contribution < 1.29 is 4.74 Å². The van der Waals surface area contributed by atoms with Crippen molar-refractivity contribution in [1.82, 2.24) is 9.97 Å². The van der Waals surface area contributed by atoms with Crippen molar-refractivity contribution in [1.29, 1.82) is 0 Å². The largest absolute Gasteiger partial charge is 0.490 e. The lowest BCUT2D eigenvalue weighted by Crippen LogP contribution is -2.18. The van der Waals surface area contributed by atoms with Crippen LogP contribution in [0.2, 0.25) is 0 Å². The highest BCUT2D eigenvalue weighted by Crippen LogP contribution is 2.28. The van der Waals surface area contributed by atoms with E-state index in [1.165, 1.54) is 25.6 Å². The number of ether oxygens (including phenoxy) is 1. The van der Waals surface area contributed by atoms with Crippen molar-refractivity contribution in [2.75, 3.05) is 17.9 Å². The number of rotatable bonds is 8. The van der Waals surface area contributed by atoms with Crippen molar-refractivity contribution in [2.45, 2.75) is 45.6 Å². The predicted octanol–water partition coefficient (Wildman–Crippen LogP) is 2.15. The van der Waals surface area contributed by atoms with Crippen molar-refractivity contribution >= 4 is 11.6 Å². The number of aromatic nitrogens is 2. The monoisotopic (exact) mass is 253 g/mol. The normalized spacial score (nSPS) is 12.0. The molecule has 1 aromatic heterocycles. The summed E-state index contributed by atoms with van der Waals surface area (Å²) in [4.78, 5) is 8.18. The molecular formula is C12H23N5O. The van der Waals surface area contributed by atoms with E-state index in [0.29, 0.717) is 23.4 Å². The van der Waals surface area contributed by atoms with Gasteiger partial charge in [-0.1, -0.05) is 26.2 Å². The fraction of sp³-hybridized carbons (Fsp3) is 0.667. The minimum atomic E-state index is 0.339. The smallest absolute Gasteiger partial charge is 0.205 e. The number of methoxy groups -OCH3 is 1. The van der Waals surface area contributed by atoms with Gasteiger partial charge in [0.15, 0.2) is 11.6 Å². The third kappa shape index (κ3) is 4.03. The second-order valence-electron chi connectivity index (χ2n) is 4.29. The fourth-order valence-electron chi connectivity index (χ4n) is 1.78. The van der Waals surface area contributed by atoms with E-state index in [1.54, 1.807) is 7.11 Å². The van der Waals surface area contributed by atoms with Gasteiger partial charge in [-0.15, -0.1) is 0 Å². The van der Waals surface area contributed by atoms with E-state index in [4.69, 9.17) is 10.6 Å². The van der Waals surface area contributed by atoms with Crippen LogP contribution in [0.3, 0.4) is 0 Å². The first kappa shape index (κ1) is 14.5. The van der Waals surface area contributed by atoms with Gasteiger partial charge in [-0.05, 0) is 13.3 Å². The Bertz CT molecular complexity index is 358. The summed E-state index contributed by atoms with van der Waals surface area (Å²) in [5, 5.41) is 3.32. The summed E-state index contributed by atoms with van der Waals surface area (Å²) in [7, 11) is 1.58. The summed E-state index contributed by atoms with van der Waals surface area (Å²) in [6.07, 6.45) is 6.25. The average Bonchev–Trinajstić information content (AvgIpc) is 2.38. The van der Waals surface area contributed by atoms with E-state index in [9.17, 15) is 0 Å². The number of hydrogen-bond donors (Lipinski definition) is 3. The highest BCUT2D eigenvalue weighted by molar-refractivity contribution is 5.63. The van der Waals surface area contributed by atoms with Crippen molar-refractivity contribution in [3.8, 4) is 5.75 Å². The number of nitrogens with zero attached hydrogens (tertiary/aromatic N) is 2. The standard InChI is InChI=1S/C12H23N5O/c1-4-5-6-7-9(2)16-11-10(18-3)12(17-13)15-8-14-11/h8-9H,4-7,13H2,1-3H3,(H2,14,15,16,17). The zero-order valence-corrected chi connectivity index (χ0v) is 11.4. The topological polar surface area (TPSA) is 85.1 Å². The van der Waals surface area contributed by atoms with Gasteiger partial charge in [0.25, 0.3) is 0 Å². The Hall–Kier alpha value is -1.56. The van der Waals surface area contributed by atoms with Gasteiger partial charge < -0.3 is 15.5 Å². The molecule has 18 heavy (non-hydrogen) atoms. The molecule has 0 spiro atoms. The number of nitrogens with two attached hydrogens (primary N) is 1. The molecule has 4 N–H and O–H groups in total. The molecule has 1 aromatic rings. The van der Waals surface area contributed by atoms with Crippen LogP contribution >= 0.6 is 0 Å². The van der Waals surface area contributed by atoms with E-state index in [2.05, 4.69) is 34.6 Å². The average molecular weight is 253 g/mol. The molecule has 1 heterocycles. The van der Waals surface area contributed by atoms with Gasteiger partial charge in [0.1, 0.15) is 6.33 Å². The summed E-state index contributed by atoms with van der Waals surface area (Å²) < 4.78 is 5.26. The van der Waals surface area contributed by atoms with Crippen LogP contribution in [0.5, 0.6) is 5.75 Å². The van der Waals surface area contributed by atoms with Crippen LogP contribution in [0, 0.1) is 0 Å². The van der Waals surface area contributed by atoms with Crippen molar-refractivity contribution in [2.24, 2.45) is 5.84 Å². The molecule has 6 nitrogen and oxygen atoms in total. The molecule has 1 unspecified atom stereocenters. The van der Waals surface area contributed by atoms with Crippen molar-refractivity contribution in [3.63, 3.8) is 0 Å². The Morgan fingerprint density at radius 3 is 2.67 bits per heavy atom. The molecule has 0 radical (unpaired) electrons. The zero-order valence-electron chi connectivity index (χ0n) is 11.4. The molecule has 1 rings (SSSR count). The number of anilines is 2. The Balaban J connectivity index is 2.65. The summed E-state index contributed by atoms with van der Waals surface area (Å²) in [5.41, 5.74) is 2.50. The molecule has 0 saturated carbocycles. The molecule has 102 valence electrons. The van der Waals surface area contributed by atoms with E-state index < -0.39 is 0 Å². The van der Waals surface area contributed by atoms with Crippen LogP contribution in [0.15, 0.2) is 6.33 Å². The first-order valence-electron chi connectivity index (χ1n) is 6.35. The third-order valence-corrected chi connectivity index (χ3v) is 2.77. The molecular weight excluding hydrogens is 230 g/mol. The highest BCUT2D eigenvalue weighted by Gasteiger charge is 2.13. The zero-order chi connectivity index (χ0) is 13.4. The number of nitrogen functional groups attached to an aromatic ring is 1. The lowest BCUT2D eigenvalue weighted by molar-refractivity contribution is 0.414. The summed E-state index contributed by atoms with van der Waals surface area (Å²) in [5.74, 6) is 7.07. The lowest BCUT2D eigenvalue weighted by atomic mass is 10.1. The lowest BCUT2D eigenvalue weighted by Gasteiger charge is -2.17. The summed E-state index contributed by atoms with van der Waals surface area (Å²) >= 11 is 0. The Labute approximate surface area is 108 Å². The summed E-state index contributed by atoms with van der Waals surface area (Å²) in [6, 6.07) is 0.339. The van der Waals surface area contributed by atoms with E-state index in [-0.39, 0.29) is 0 Å². The van der Waals surface area contributed by atoms with Gasteiger partial charge in [-0.25, -0.2) is 15.8 Å². The Kier molecular flexibility index (Phi) is 6.21. The SMILES string of the molecule is CCCCCC(C)Nc1ncnc(NN)c1OC. The minimum absolute atomic E-state index is 0.339. The number of hydrogen-bond acceptors (Lipinski definition) is 6. The molecule has 0 aliphatic heterocycles. The molecule has 1 atom stereocenters. The van der Waals surface area contributed by atoms with Gasteiger partial charge in [0, 0.05) is 6.04 Å². The minimum Gasteiger partial charge on any atom is -0.490 e. The molecule has 0 fully saturated rings. The predicted molar refractivity (Wildman–Crippen MR) is 73.6 cm³/mol. The van der Waals surface area contributed by atoms with Crippen molar-refractivity contribution in [3.05, 3.63) is 6.33 Å². The van der Waals surface area contributed by atoms with Crippen LogP contribution in [0.4, 0.5) is 11.6 Å². The van der Waals surface area contributed by atoms with E-state index in [0.717, 1.165) is 6.42 Å². The Morgan fingerprint density at radius 2 is 2.06 bits per heavy atom. The maximum atomic E-state index is 5.38. The molecule has 0 bridgehead atoms. The van der Waals surface area contributed by atoms with Gasteiger partial charge >= 0.3 is 0 Å². The van der Waals surface area contributed by atoms with Crippen LogP contribution in [0.1, 0.15) is 39.5 Å². The number of hydrazine groups is 1. The second kappa shape index (κ2) is 7.71. The molecule has 0 amide bonds. The first-order chi connectivity index (χ1) is 8.72. The molecule has 0 aliphatic carbocycles. The molecule has 0 aromatic carbocycles. The van der Waals surface area contributed by atoms with Crippen LogP contribution in [-0.4, -0.2) is 23.1 Å². The van der Waals surface area contributed by atoms with Gasteiger partial charge in [0.05, 0.1) is 7.11 Å². The van der Waals surface area contributed by atoms with E-state index in [1.807, 2.05) is 0 Å². The highest BCUT2D eigenvalue weighted by atomic mass is 16.5. The maximum Gasteiger partial charge on any atom is 0.205 e. The fourth-order valence-corrected chi connectivity index (χ4v) is 1.78. The summed E-state index contributed by atoms with van der Waals surface area (Å²) in [6.45, 7) is 4.33. The van der Waals surface area contributed by atoms with Crippen LogP contribution in [0.25, 0.3) is 0 Å². The van der Waals surface area contributed by atoms with Gasteiger partial charge in [-0.2, -0.15) is 0 Å². The molecule has 6 heteroatoms. The number of unbranched alkanes of at least 4 members (excludes halogenated alkanes) is 2. The molecule has 0 aliphatic rings. The number of nitrogens with one attached hydrogen (secondary N) is 2. The van der Waals surface area contributed by atoms with Crippen LogP contribution in [-0.2, 0) is 0 Å². The van der Waals surface area contributed by atoms with Gasteiger partial charge in [0.2, 0.25) is 5.75 Å². The Morgan fingerprint density at radius 1 is 1.33 bits per heavy atom. The third-order valence-electron chi connectivity index (χ3n) is 2.77. The van der Waals surface area contributed by atoms with Crippen LogP contribution < -0.4 is 21.3 Å². The first-order valence-corrected chi connectivity index (χ1v) is 6.35. The van der Waals surface area contributed by atoms with Gasteiger partial charge in [-0.3, -0.25) is 0 Å².